The van der Waals surface area contributed by atoms with Crippen LogP contribution in [0.5, 0.6) is 0 Å². The molecule has 3 heterocycles. The van der Waals surface area contributed by atoms with Crippen LogP contribution in [0, 0.1) is 6.92 Å². The number of hydrogen-bond donors (Lipinski definition) is 2. The molecule has 1 aliphatic heterocycles. The third-order valence-electron chi connectivity index (χ3n) is 4.55. The highest BCUT2D eigenvalue weighted by atomic mass is 16.5. The number of hydrogen-bond acceptors (Lipinski definition) is 5. The van der Waals surface area contributed by atoms with Crippen LogP contribution >= 0.6 is 0 Å². The zero-order chi connectivity index (χ0) is 20.6. The van der Waals surface area contributed by atoms with E-state index in [9.17, 15) is 4.79 Å². The Kier molecular flexibility index (Phi) is 7.18. The first-order valence-electron chi connectivity index (χ1n) is 9.92. The number of carbonyl (C=O) groups excluding carboxylic acids is 1. The average Bonchev–Trinajstić information content (AvgIpc) is 3.14. The van der Waals surface area contributed by atoms with E-state index in [1.807, 2.05) is 45.4 Å². The average molecular weight is 399 g/mol. The predicted molar refractivity (Wildman–Crippen MR) is 112 cm³/mol. The van der Waals surface area contributed by atoms with Crippen LogP contribution in [-0.4, -0.2) is 64.3 Å². The van der Waals surface area contributed by atoms with E-state index in [-0.39, 0.29) is 12.0 Å². The topological polar surface area (TPSA) is 96.7 Å². The van der Waals surface area contributed by atoms with Crippen LogP contribution in [0.2, 0.25) is 0 Å². The van der Waals surface area contributed by atoms with Crippen molar-refractivity contribution >= 4 is 17.7 Å². The van der Waals surface area contributed by atoms with Crippen LogP contribution in [-0.2, 0) is 16.6 Å². The molecular formula is C20H29N7O2. The molecule has 1 fully saturated rings. The van der Waals surface area contributed by atoms with E-state index in [1.54, 1.807) is 10.7 Å². The molecule has 2 aromatic heterocycles. The number of nitrogens with zero attached hydrogens (tertiary/aromatic N) is 5. The fraction of sp³-hybridized carbons (Fsp3) is 0.500. The number of ether oxygens (including phenoxy) is 1. The van der Waals surface area contributed by atoms with Gasteiger partial charge in [-0.1, -0.05) is 6.07 Å². The summed E-state index contributed by atoms with van der Waals surface area (Å²) in [6.07, 6.45) is 4.06. The van der Waals surface area contributed by atoms with Crippen molar-refractivity contribution in [3.05, 3.63) is 41.9 Å². The maximum atomic E-state index is 12.2. The maximum Gasteiger partial charge on any atom is 0.227 e. The number of carbonyl (C=O) groups is 1. The van der Waals surface area contributed by atoms with Crippen molar-refractivity contribution in [1.82, 2.24) is 25.0 Å². The highest BCUT2D eigenvalue weighted by Gasteiger charge is 2.25. The summed E-state index contributed by atoms with van der Waals surface area (Å²) < 4.78 is 7.68. The Morgan fingerprint density at radius 3 is 3.00 bits per heavy atom. The van der Waals surface area contributed by atoms with Crippen LogP contribution in [0.3, 0.4) is 0 Å². The lowest BCUT2D eigenvalue weighted by atomic mass is 10.1. The third-order valence-corrected chi connectivity index (χ3v) is 4.55. The lowest BCUT2D eigenvalue weighted by molar-refractivity contribution is -0.116. The number of guanidine groups is 1. The van der Waals surface area contributed by atoms with Gasteiger partial charge in [0.15, 0.2) is 5.96 Å². The first-order valence-corrected chi connectivity index (χ1v) is 9.92. The Morgan fingerprint density at radius 1 is 1.41 bits per heavy atom. The molecule has 29 heavy (non-hydrogen) atoms. The minimum absolute atomic E-state index is 0.0444. The first-order chi connectivity index (χ1) is 14.0. The number of aliphatic imine (C=N–C) groups is 1. The summed E-state index contributed by atoms with van der Waals surface area (Å²) in [6.45, 7) is 7.14. The molecule has 0 aromatic carbocycles. The van der Waals surface area contributed by atoms with Gasteiger partial charge in [0.05, 0.1) is 25.9 Å². The molecule has 2 aromatic rings. The fourth-order valence-corrected chi connectivity index (χ4v) is 3.16. The molecule has 2 N–H and O–H groups in total. The van der Waals surface area contributed by atoms with Gasteiger partial charge in [0, 0.05) is 44.0 Å². The van der Waals surface area contributed by atoms with Crippen molar-refractivity contribution in [3.63, 3.8) is 0 Å². The second kappa shape index (κ2) is 10.0. The van der Waals surface area contributed by atoms with Crippen molar-refractivity contribution < 1.29 is 9.53 Å². The largest absolute Gasteiger partial charge is 0.370 e. The molecule has 0 spiro atoms. The predicted octanol–water partition coefficient (Wildman–Crippen LogP) is 1.49. The van der Waals surface area contributed by atoms with Gasteiger partial charge >= 0.3 is 0 Å². The van der Waals surface area contributed by atoms with Gasteiger partial charge in [0.25, 0.3) is 0 Å². The van der Waals surface area contributed by atoms with Gasteiger partial charge in [-0.2, -0.15) is 5.10 Å². The number of rotatable bonds is 6. The number of amides is 1. The van der Waals surface area contributed by atoms with Gasteiger partial charge < -0.3 is 20.3 Å². The fourth-order valence-electron chi connectivity index (χ4n) is 3.16. The highest BCUT2D eigenvalue weighted by Crippen LogP contribution is 2.21. The first kappa shape index (κ1) is 20.8. The van der Waals surface area contributed by atoms with E-state index < -0.39 is 0 Å². The Balaban J connectivity index is 1.56. The number of morpholine rings is 1. The smallest absolute Gasteiger partial charge is 0.227 e. The maximum absolute atomic E-state index is 12.2. The van der Waals surface area contributed by atoms with Crippen molar-refractivity contribution in [2.24, 2.45) is 12.0 Å². The van der Waals surface area contributed by atoms with Gasteiger partial charge in [-0.3, -0.25) is 14.5 Å². The molecule has 1 aliphatic rings. The molecule has 9 heteroatoms. The molecule has 0 aliphatic carbocycles. The van der Waals surface area contributed by atoms with Gasteiger partial charge in [-0.25, -0.2) is 4.98 Å². The van der Waals surface area contributed by atoms with Crippen molar-refractivity contribution in [3.8, 4) is 0 Å². The quantitative estimate of drug-likeness (QED) is 0.564. The van der Waals surface area contributed by atoms with Crippen molar-refractivity contribution in [2.75, 3.05) is 38.1 Å². The molecule has 3 rings (SSSR count). The molecule has 1 saturated heterocycles. The molecular weight excluding hydrogens is 370 g/mol. The normalized spacial score (nSPS) is 17.3. The molecule has 1 atom stereocenters. The Labute approximate surface area is 171 Å². The summed E-state index contributed by atoms with van der Waals surface area (Å²) in [5.41, 5.74) is 1.92. The summed E-state index contributed by atoms with van der Waals surface area (Å²) in [5, 5.41) is 10.4. The zero-order valence-electron chi connectivity index (χ0n) is 17.3. The van der Waals surface area contributed by atoms with E-state index in [2.05, 4.69) is 30.6 Å². The van der Waals surface area contributed by atoms with Crippen molar-refractivity contribution in [1.29, 1.82) is 0 Å². The summed E-state index contributed by atoms with van der Waals surface area (Å²) in [7, 11) is 1.90. The Morgan fingerprint density at radius 2 is 2.28 bits per heavy atom. The molecule has 0 radical (unpaired) electrons. The van der Waals surface area contributed by atoms with Gasteiger partial charge in [-0.05, 0) is 26.0 Å². The van der Waals surface area contributed by atoms with E-state index >= 15 is 0 Å². The molecule has 0 saturated carbocycles. The zero-order valence-corrected chi connectivity index (χ0v) is 17.3. The number of nitrogens with one attached hydrogen (secondary N) is 2. The minimum atomic E-state index is -0.0992. The number of aromatic nitrogens is 3. The van der Waals surface area contributed by atoms with Crippen molar-refractivity contribution in [2.45, 2.75) is 26.4 Å². The number of anilines is 1. The van der Waals surface area contributed by atoms with Crippen LogP contribution in [0.1, 0.15) is 30.7 Å². The second-order valence-electron chi connectivity index (χ2n) is 6.95. The molecule has 9 nitrogen and oxygen atoms in total. The van der Waals surface area contributed by atoms with Gasteiger partial charge in [-0.15, -0.1) is 0 Å². The highest BCUT2D eigenvalue weighted by molar-refractivity contribution is 5.90. The Bertz CT molecular complexity index is 849. The summed E-state index contributed by atoms with van der Waals surface area (Å²) in [5.74, 6) is 1.27. The van der Waals surface area contributed by atoms with Gasteiger partial charge in [0.2, 0.25) is 5.91 Å². The van der Waals surface area contributed by atoms with Crippen LogP contribution in [0.4, 0.5) is 5.82 Å². The second-order valence-corrected chi connectivity index (χ2v) is 6.95. The molecule has 1 amide bonds. The molecule has 1 unspecified atom stereocenters. The van der Waals surface area contributed by atoms with E-state index in [1.165, 1.54) is 0 Å². The summed E-state index contributed by atoms with van der Waals surface area (Å²) >= 11 is 0. The van der Waals surface area contributed by atoms with Crippen LogP contribution in [0.15, 0.2) is 35.6 Å². The van der Waals surface area contributed by atoms with E-state index in [0.717, 1.165) is 30.3 Å². The number of pyridine rings is 1. The summed E-state index contributed by atoms with van der Waals surface area (Å²) in [4.78, 5) is 23.3. The minimum Gasteiger partial charge on any atom is -0.370 e. The van der Waals surface area contributed by atoms with E-state index in [0.29, 0.717) is 31.9 Å². The molecule has 0 bridgehead atoms. The van der Waals surface area contributed by atoms with Crippen LogP contribution < -0.4 is 10.6 Å². The lowest BCUT2D eigenvalue weighted by Crippen LogP contribution is -2.48. The van der Waals surface area contributed by atoms with Crippen LogP contribution in [0.25, 0.3) is 0 Å². The standard InChI is InChI=1S/C20H29N7O2/c1-4-21-20(22-9-8-19(28)25-18-7-5-6-15(2)24-18)27-10-11-29-17(14-27)16-12-23-26(3)13-16/h5-7,12-13,17H,4,8-11,14H2,1-3H3,(H,21,22)(H,24,25,28). The third kappa shape index (κ3) is 6.02. The number of aryl methyl sites for hydroxylation is 2. The Hall–Kier alpha value is -2.94. The molecule has 156 valence electrons. The lowest BCUT2D eigenvalue weighted by Gasteiger charge is -2.34. The SMILES string of the molecule is CCNC(=NCCC(=O)Nc1cccc(C)n1)N1CCOC(c2cnn(C)c2)C1. The monoisotopic (exact) mass is 399 g/mol. The summed E-state index contributed by atoms with van der Waals surface area (Å²) in [6, 6.07) is 5.55. The van der Waals surface area contributed by atoms with Gasteiger partial charge in [0.1, 0.15) is 11.9 Å². The van der Waals surface area contributed by atoms with E-state index in [4.69, 9.17) is 4.74 Å².